The van der Waals surface area contributed by atoms with Gasteiger partial charge in [-0.3, -0.25) is 0 Å². The van der Waals surface area contributed by atoms with Gasteiger partial charge in [-0.1, -0.05) is 43.2 Å². The van der Waals surface area contributed by atoms with Gasteiger partial charge < -0.3 is 5.11 Å². The second-order valence-corrected chi connectivity index (χ2v) is 6.70. The van der Waals surface area contributed by atoms with Crippen LogP contribution in [0.2, 0.25) is 0 Å². The van der Waals surface area contributed by atoms with Crippen LogP contribution in [0.4, 0.5) is 0 Å². The van der Waals surface area contributed by atoms with Crippen molar-refractivity contribution in [3.63, 3.8) is 0 Å². The van der Waals surface area contributed by atoms with E-state index < -0.39 is 0 Å². The number of benzene rings is 1. The number of rotatable bonds is 5. The van der Waals surface area contributed by atoms with E-state index in [4.69, 9.17) is 0 Å². The molecule has 0 spiro atoms. The average molecular weight is 286 g/mol. The van der Waals surface area contributed by atoms with Crippen molar-refractivity contribution < 1.29 is 5.11 Å². The molecule has 1 unspecified atom stereocenters. The Morgan fingerprint density at radius 2 is 1.85 bits per heavy atom. The van der Waals surface area contributed by atoms with Crippen molar-refractivity contribution in [1.29, 1.82) is 0 Å². The van der Waals surface area contributed by atoms with Gasteiger partial charge in [0.15, 0.2) is 0 Å². The molecule has 1 heterocycles. The van der Waals surface area contributed by atoms with Gasteiger partial charge in [0.05, 0.1) is 6.10 Å². The first-order valence-electron chi connectivity index (χ1n) is 7.56. The van der Waals surface area contributed by atoms with Crippen molar-refractivity contribution in [3.05, 3.63) is 58.3 Å². The lowest BCUT2D eigenvalue weighted by Crippen LogP contribution is -2.37. The Morgan fingerprint density at radius 1 is 1.10 bits per heavy atom. The summed E-state index contributed by atoms with van der Waals surface area (Å²) in [6.07, 6.45) is 6.36. The van der Waals surface area contributed by atoms with E-state index in [2.05, 4.69) is 47.2 Å². The standard InChI is InChI=1S/C18H22OS/c19-17(9-8-15-10-13-20-14-15)18(11-4-5-12-18)16-6-2-1-3-7-16/h1-3,6-7,10,13-14,17,19H,4-5,8-9,11-12H2. The maximum Gasteiger partial charge on any atom is 0.0639 e. The number of aryl methyl sites for hydroxylation is 1. The third-order valence-corrected chi connectivity index (χ3v) is 5.50. The van der Waals surface area contributed by atoms with E-state index in [-0.39, 0.29) is 11.5 Å². The van der Waals surface area contributed by atoms with Gasteiger partial charge in [-0.25, -0.2) is 0 Å². The average Bonchev–Trinajstić information content (AvgIpc) is 3.18. The summed E-state index contributed by atoms with van der Waals surface area (Å²) in [5.74, 6) is 0. The highest BCUT2D eigenvalue weighted by molar-refractivity contribution is 7.07. The summed E-state index contributed by atoms with van der Waals surface area (Å²) >= 11 is 1.74. The van der Waals surface area contributed by atoms with Crippen LogP contribution in [0.25, 0.3) is 0 Å². The van der Waals surface area contributed by atoms with Crippen LogP contribution in [0.5, 0.6) is 0 Å². The van der Waals surface area contributed by atoms with Crippen LogP contribution >= 0.6 is 11.3 Å². The van der Waals surface area contributed by atoms with Crippen molar-refractivity contribution in [3.8, 4) is 0 Å². The fourth-order valence-corrected chi connectivity index (χ4v) is 4.31. The summed E-state index contributed by atoms with van der Waals surface area (Å²) in [6, 6.07) is 12.8. The van der Waals surface area contributed by atoms with E-state index in [1.807, 2.05) is 0 Å². The normalized spacial score (nSPS) is 19.1. The van der Waals surface area contributed by atoms with Crippen LogP contribution in [0.15, 0.2) is 47.2 Å². The molecule has 1 nitrogen and oxygen atoms in total. The number of thiophene rings is 1. The first-order chi connectivity index (χ1) is 9.81. The van der Waals surface area contributed by atoms with E-state index in [0.717, 1.165) is 25.7 Å². The Balaban J connectivity index is 1.76. The van der Waals surface area contributed by atoms with Crippen molar-refractivity contribution in [1.82, 2.24) is 0 Å². The van der Waals surface area contributed by atoms with Gasteiger partial charge in [0.1, 0.15) is 0 Å². The minimum atomic E-state index is -0.229. The van der Waals surface area contributed by atoms with Crippen LogP contribution < -0.4 is 0 Å². The maximum atomic E-state index is 10.9. The smallest absolute Gasteiger partial charge is 0.0639 e. The largest absolute Gasteiger partial charge is 0.392 e. The third kappa shape index (κ3) is 2.68. The fraction of sp³-hybridized carbons (Fsp3) is 0.444. The van der Waals surface area contributed by atoms with Crippen molar-refractivity contribution in [2.75, 3.05) is 0 Å². The van der Waals surface area contributed by atoms with Gasteiger partial charge in [-0.15, -0.1) is 0 Å². The van der Waals surface area contributed by atoms with E-state index in [9.17, 15) is 5.11 Å². The van der Waals surface area contributed by atoms with Gasteiger partial charge in [0, 0.05) is 5.41 Å². The molecule has 0 aliphatic heterocycles. The Kier molecular flexibility index (Phi) is 4.23. The van der Waals surface area contributed by atoms with Crippen molar-refractivity contribution in [2.45, 2.75) is 50.0 Å². The highest BCUT2D eigenvalue weighted by Crippen LogP contribution is 2.44. The quantitative estimate of drug-likeness (QED) is 0.854. The molecule has 1 N–H and O–H groups in total. The monoisotopic (exact) mass is 286 g/mol. The Hall–Kier alpha value is -1.12. The zero-order valence-electron chi connectivity index (χ0n) is 11.8. The summed E-state index contributed by atoms with van der Waals surface area (Å²) < 4.78 is 0. The molecule has 1 fully saturated rings. The van der Waals surface area contributed by atoms with Gasteiger partial charge in [-0.05, 0) is 53.6 Å². The Bertz CT molecular complexity index is 512. The van der Waals surface area contributed by atoms with Crippen LogP contribution in [-0.4, -0.2) is 11.2 Å². The van der Waals surface area contributed by atoms with Gasteiger partial charge in [0.25, 0.3) is 0 Å². The van der Waals surface area contributed by atoms with Crippen LogP contribution in [0.1, 0.15) is 43.2 Å². The van der Waals surface area contributed by atoms with Crippen molar-refractivity contribution >= 4 is 11.3 Å². The molecule has 1 aromatic heterocycles. The maximum absolute atomic E-state index is 10.9. The minimum absolute atomic E-state index is 0.00270. The topological polar surface area (TPSA) is 20.2 Å². The summed E-state index contributed by atoms with van der Waals surface area (Å²) in [4.78, 5) is 0. The minimum Gasteiger partial charge on any atom is -0.392 e. The molecular formula is C18H22OS. The SMILES string of the molecule is OC(CCc1ccsc1)C1(c2ccccc2)CCCC1. The third-order valence-electron chi connectivity index (χ3n) is 4.77. The Morgan fingerprint density at radius 3 is 2.50 bits per heavy atom. The molecule has 1 aromatic carbocycles. The first kappa shape index (κ1) is 13.8. The number of hydrogen-bond donors (Lipinski definition) is 1. The van der Waals surface area contributed by atoms with Crippen LogP contribution in [0, 0.1) is 0 Å². The number of aliphatic hydroxyl groups excluding tert-OH is 1. The Labute approximate surface area is 125 Å². The van der Waals surface area contributed by atoms with E-state index in [0.29, 0.717) is 0 Å². The molecule has 0 bridgehead atoms. The van der Waals surface area contributed by atoms with Crippen LogP contribution in [0.3, 0.4) is 0 Å². The summed E-state index contributed by atoms with van der Waals surface area (Å²) in [5.41, 5.74) is 2.68. The molecule has 3 rings (SSSR count). The lowest BCUT2D eigenvalue weighted by Gasteiger charge is -2.35. The zero-order chi connectivity index (χ0) is 13.8. The second-order valence-electron chi connectivity index (χ2n) is 5.92. The molecule has 2 aromatic rings. The molecule has 106 valence electrons. The van der Waals surface area contributed by atoms with E-state index in [1.165, 1.54) is 24.0 Å². The molecule has 0 amide bonds. The molecule has 0 saturated heterocycles. The lowest BCUT2D eigenvalue weighted by molar-refractivity contribution is 0.0747. The van der Waals surface area contributed by atoms with E-state index >= 15 is 0 Å². The van der Waals surface area contributed by atoms with E-state index in [1.54, 1.807) is 11.3 Å². The zero-order valence-corrected chi connectivity index (χ0v) is 12.6. The molecule has 2 heteroatoms. The lowest BCUT2D eigenvalue weighted by atomic mass is 9.72. The highest BCUT2D eigenvalue weighted by atomic mass is 32.1. The molecule has 1 saturated carbocycles. The second kappa shape index (κ2) is 6.11. The number of hydrogen-bond acceptors (Lipinski definition) is 2. The summed E-state index contributed by atoms with van der Waals surface area (Å²) in [6.45, 7) is 0. The van der Waals surface area contributed by atoms with Gasteiger partial charge in [-0.2, -0.15) is 11.3 Å². The number of aliphatic hydroxyl groups is 1. The molecular weight excluding hydrogens is 264 g/mol. The molecule has 1 atom stereocenters. The molecule has 0 radical (unpaired) electrons. The highest BCUT2D eigenvalue weighted by Gasteiger charge is 2.41. The van der Waals surface area contributed by atoms with Gasteiger partial charge >= 0.3 is 0 Å². The fourth-order valence-electron chi connectivity index (χ4n) is 3.60. The molecule has 1 aliphatic carbocycles. The molecule has 1 aliphatic rings. The summed E-state index contributed by atoms with van der Waals surface area (Å²) in [5, 5.41) is 15.2. The van der Waals surface area contributed by atoms with Crippen LogP contribution in [-0.2, 0) is 11.8 Å². The first-order valence-corrected chi connectivity index (χ1v) is 8.50. The molecule has 20 heavy (non-hydrogen) atoms. The van der Waals surface area contributed by atoms with Gasteiger partial charge in [0.2, 0.25) is 0 Å². The summed E-state index contributed by atoms with van der Waals surface area (Å²) in [7, 11) is 0. The predicted octanol–water partition coefficient (Wildman–Crippen LogP) is 4.55. The predicted molar refractivity (Wildman–Crippen MR) is 85.2 cm³/mol. The van der Waals surface area contributed by atoms with Crippen molar-refractivity contribution in [2.24, 2.45) is 0 Å².